The summed E-state index contributed by atoms with van der Waals surface area (Å²) in [5.74, 6) is -0.899. The molecule has 1 heterocycles. The number of rotatable bonds is 3. The summed E-state index contributed by atoms with van der Waals surface area (Å²) in [6.07, 6.45) is 0.575. The number of carboxylic acid groups (broad SMARTS) is 1. The van der Waals surface area contributed by atoms with Gasteiger partial charge in [0.15, 0.2) is 0 Å². The molecule has 0 amide bonds. The monoisotopic (exact) mass is 233 g/mol. The number of aromatic nitrogens is 1. The highest BCUT2D eigenvalue weighted by molar-refractivity contribution is 7.11. The molecule has 0 aliphatic rings. The summed E-state index contributed by atoms with van der Waals surface area (Å²) in [5, 5.41) is 8.95. The standard InChI is InChI=1S/C12H11NO2S/c1-8-2-4-9(5-3-8)6-10-11(12(14)15)16-7-13-10/h2-5,7H,6H2,1H3,(H,14,15). The van der Waals surface area contributed by atoms with Gasteiger partial charge in [0.05, 0.1) is 11.2 Å². The molecule has 0 aliphatic heterocycles. The van der Waals surface area contributed by atoms with Gasteiger partial charge in [0.1, 0.15) is 4.88 Å². The Morgan fingerprint density at radius 2 is 2.06 bits per heavy atom. The van der Waals surface area contributed by atoms with Gasteiger partial charge in [-0.25, -0.2) is 9.78 Å². The highest BCUT2D eigenvalue weighted by atomic mass is 32.1. The third-order valence-electron chi connectivity index (χ3n) is 2.33. The first-order chi connectivity index (χ1) is 7.66. The number of hydrogen-bond donors (Lipinski definition) is 1. The van der Waals surface area contributed by atoms with Gasteiger partial charge < -0.3 is 5.11 Å². The number of nitrogens with zero attached hydrogens (tertiary/aromatic N) is 1. The molecule has 0 saturated heterocycles. The van der Waals surface area contributed by atoms with E-state index in [-0.39, 0.29) is 0 Å². The molecular formula is C12H11NO2S. The second kappa shape index (κ2) is 4.45. The SMILES string of the molecule is Cc1ccc(Cc2ncsc2C(=O)O)cc1. The predicted octanol–water partition coefficient (Wildman–Crippen LogP) is 2.74. The Bertz CT molecular complexity index is 502. The average Bonchev–Trinajstić information content (AvgIpc) is 2.69. The van der Waals surface area contributed by atoms with E-state index in [2.05, 4.69) is 4.98 Å². The van der Waals surface area contributed by atoms with Crippen molar-refractivity contribution in [3.8, 4) is 0 Å². The zero-order valence-electron chi connectivity index (χ0n) is 8.80. The van der Waals surface area contributed by atoms with Crippen molar-refractivity contribution in [1.82, 2.24) is 4.98 Å². The minimum absolute atomic E-state index is 0.334. The van der Waals surface area contributed by atoms with Gasteiger partial charge in [-0.05, 0) is 12.5 Å². The van der Waals surface area contributed by atoms with Crippen LogP contribution < -0.4 is 0 Å². The van der Waals surface area contributed by atoms with Gasteiger partial charge in [0.2, 0.25) is 0 Å². The van der Waals surface area contributed by atoms with E-state index in [1.165, 1.54) is 16.9 Å². The van der Waals surface area contributed by atoms with E-state index < -0.39 is 5.97 Å². The maximum atomic E-state index is 10.9. The summed E-state index contributed by atoms with van der Waals surface area (Å²) in [7, 11) is 0. The fraction of sp³-hybridized carbons (Fsp3) is 0.167. The Morgan fingerprint density at radius 3 is 2.69 bits per heavy atom. The Labute approximate surface area is 97.4 Å². The number of thiazole rings is 1. The van der Waals surface area contributed by atoms with E-state index in [0.717, 1.165) is 5.56 Å². The number of carbonyl (C=O) groups is 1. The molecular weight excluding hydrogens is 222 g/mol. The lowest BCUT2D eigenvalue weighted by molar-refractivity contribution is 0.0701. The molecule has 82 valence electrons. The molecule has 1 N–H and O–H groups in total. The normalized spacial score (nSPS) is 10.3. The maximum absolute atomic E-state index is 10.9. The van der Waals surface area contributed by atoms with Crippen LogP contribution in [0.2, 0.25) is 0 Å². The van der Waals surface area contributed by atoms with Gasteiger partial charge in [-0.2, -0.15) is 0 Å². The van der Waals surface area contributed by atoms with E-state index in [0.29, 0.717) is 17.0 Å². The number of hydrogen-bond acceptors (Lipinski definition) is 3. The number of carboxylic acids is 1. The molecule has 2 aromatic rings. The average molecular weight is 233 g/mol. The largest absolute Gasteiger partial charge is 0.477 e. The smallest absolute Gasteiger partial charge is 0.347 e. The minimum atomic E-state index is -0.899. The van der Waals surface area contributed by atoms with Crippen LogP contribution in [0.3, 0.4) is 0 Å². The summed E-state index contributed by atoms with van der Waals surface area (Å²) in [6, 6.07) is 8.03. The summed E-state index contributed by atoms with van der Waals surface area (Å²) in [5.41, 5.74) is 4.49. The van der Waals surface area contributed by atoms with E-state index in [9.17, 15) is 4.79 Å². The van der Waals surface area contributed by atoms with Gasteiger partial charge in [0, 0.05) is 6.42 Å². The van der Waals surface area contributed by atoms with Crippen molar-refractivity contribution in [1.29, 1.82) is 0 Å². The van der Waals surface area contributed by atoms with Crippen LogP contribution >= 0.6 is 11.3 Å². The van der Waals surface area contributed by atoms with Gasteiger partial charge >= 0.3 is 5.97 Å². The Balaban J connectivity index is 2.23. The second-order valence-corrected chi connectivity index (χ2v) is 4.45. The molecule has 0 atom stereocenters. The molecule has 1 aromatic carbocycles. The van der Waals surface area contributed by atoms with E-state index in [1.807, 2.05) is 31.2 Å². The van der Waals surface area contributed by atoms with Crippen LogP contribution in [-0.2, 0) is 6.42 Å². The molecule has 0 spiro atoms. The van der Waals surface area contributed by atoms with Crippen molar-refractivity contribution in [2.24, 2.45) is 0 Å². The molecule has 0 radical (unpaired) electrons. The van der Waals surface area contributed by atoms with Crippen LogP contribution in [0.15, 0.2) is 29.8 Å². The van der Waals surface area contributed by atoms with Gasteiger partial charge in [-0.15, -0.1) is 11.3 Å². The first-order valence-electron chi connectivity index (χ1n) is 4.88. The molecule has 2 rings (SSSR count). The van der Waals surface area contributed by atoms with Crippen molar-refractivity contribution in [3.63, 3.8) is 0 Å². The van der Waals surface area contributed by atoms with Crippen molar-refractivity contribution < 1.29 is 9.90 Å². The maximum Gasteiger partial charge on any atom is 0.347 e. The summed E-state index contributed by atoms with van der Waals surface area (Å²) in [4.78, 5) is 15.3. The minimum Gasteiger partial charge on any atom is -0.477 e. The number of benzene rings is 1. The fourth-order valence-corrected chi connectivity index (χ4v) is 2.12. The van der Waals surface area contributed by atoms with Crippen LogP contribution in [0.4, 0.5) is 0 Å². The lowest BCUT2D eigenvalue weighted by Crippen LogP contribution is -1.99. The molecule has 4 heteroatoms. The highest BCUT2D eigenvalue weighted by Gasteiger charge is 2.13. The zero-order valence-corrected chi connectivity index (χ0v) is 9.62. The van der Waals surface area contributed by atoms with Crippen LogP contribution in [0.25, 0.3) is 0 Å². The molecule has 16 heavy (non-hydrogen) atoms. The molecule has 0 bridgehead atoms. The third-order valence-corrected chi connectivity index (χ3v) is 3.18. The van der Waals surface area contributed by atoms with Crippen molar-refractivity contribution in [3.05, 3.63) is 51.5 Å². The predicted molar refractivity (Wildman–Crippen MR) is 63.1 cm³/mol. The van der Waals surface area contributed by atoms with E-state index in [4.69, 9.17) is 5.11 Å². The van der Waals surface area contributed by atoms with Crippen LogP contribution in [-0.4, -0.2) is 16.1 Å². The first-order valence-corrected chi connectivity index (χ1v) is 5.76. The van der Waals surface area contributed by atoms with Crippen molar-refractivity contribution in [2.45, 2.75) is 13.3 Å². The Hall–Kier alpha value is -1.68. The Kier molecular flexibility index (Phi) is 3.01. The van der Waals surface area contributed by atoms with Gasteiger partial charge in [-0.3, -0.25) is 0 Å². The molecule has 1 aromatic heterocycles. The van der Waals surface area contributed by atoms with Crippen LogP contribution in [0.1, 0.15) is 26.5 Å². The summed E-state index contributed by atoms with van der Waals surface area (Å²) >= 11 is 1.17. The van der Waals surface area contributed by atoms with Crippen LogP contribution in [0, 0.1) is 6.92 Å². The summed E-state index contributed by atoms with van der Waals surface area (Å²) in [6.45, 7) is 2.02. The fourth-order valence-electron chi connectivity index (χ4n) is 1.47. The molecule has 0 fully saturated rings. The summed E-state index contributed by atoms with van der Waals surface area (Å²) < 4.78 is 0. The van der Waals surface area contributed by atoms with E-state index in [1.54, 1.807) is 5.51 Å². The first kappa shape index (κ1) is 10.8. The van der Waals surface area contributed by atoms with Crippen molar-refractivity contribution >= 4 is 17.3 Å². The number of aryl methyl sites for hydroxylation is 1. The van der Waals surface area contributed by atoms with Gasteiger partial charge in [-0.1, -0.05) is 29.8 Å². The van der Waals surface area contributed by atoms with Crippen LogP contribution in [0.5, 0.6) is 0 Å². The molecule has 0 saturated carbocycles. The number of aromatic carboxylic acids is 1. The Morgan fingerprint density at radius 1 is 1.38 bits per heavy atom. The quantitative estimate of drug-likeness (QED) is 0.886. The molecule has 3 nitrogen and oxygen atoms in total. The lowest BCUT2D eigenvalue weighted by atomic mass is 10.1. The second-order valence-electron chi connectivity index (χ2n) is 3.60. The molecule has 0 unspecified atom stereocenters. The zero-order chi connectivity index (χ0) is 11.5. The third kappa shape index (κ3) is 2.28. The topological polar surface area (TPSA) is 50.2 Å². The lowest BCUT2D eigenvalue weighted by Gasteiger charge is -2.00. The van der Waals surface area contributed by atoms with Gasteiger partial charge in [0.25, 0.3) is 0 Å². The molecule has 0 aliphatic carbocycles. The van der Waals surface area contributed by atoms with Crippen molar-refractivity contribution in [2.75, 3.05) is 0 Å². The highest BCUT2D eigenvalue weighted by Crippen LogP contribution is 2.17. The van der Waals surface area contributed by atoms with E-state index >= 15 is 0 Å².